The second-order valence-corrected chi connectivity index (χ2v) is 4.69. The van der Waals surface area contributed by atoms with E-state index in [2.05, 4.69) is 0 Å². The van der Waals surface area contributed by atoms with Crippen LogP contribution in [0.3, 0.4) is 0 Å². The molecule has 1 aromatic rings. The Hall–Kier alpha value is -1.82. The molecule has 0 amide bonds. The molecule has 104 valence electrons. The Morgan fingerprint density at radius 3 is 2.95 bits per heavy atom. The maximum absolute atomic E-state index is 14.0. The van der Waals surface area contributed by atoms with Gasteiger partial charge in [-0.2, -0.15) is 0 Å². The van der Waals surface area contributed by atoms with Gasteiger partial charge in [-0.05, 0) is 25.5 Å². The van der Waals surface area contributed by atoms with Gasteiger partial charge in [0.1, 0.15) is 6.04 Å². The third-order valence-electron chi connectivity index (χ3n) is 3.50. The molecular weight excluding hydrogens is 249 g/mol. The predicted octanol–water partition coefficient (Wildman–Crippen LogP) is 1.13. The van der Waals surface area contributed by atoms with Crippen molar-refractivity contribution in [2.24, 2.45) is 0 Å². The summed E-state index contributed by atoms with van der Waals surface area (Å²) < 4.78 is 18.7. The predicted molar refractivity (Wildman–Crippen MR) is 70.7 cm³/mol. The number of esters is 1. The molecule has 0 unspecified atom stereocenters. The summed E-state index contributed by atoms with van der Waals surface area (Å²) >= 11 is 0. The molecule has 0 radical (unpaired) electrons. The van der Waals surface area contributed by atoms with E-state index in [1.807, 2.05) is 4.90 Å². The van der Waals surface area contributed by atoms with E-state index in [-0.39, 0.29) is 23.4 Å². The number of nitrogens with two attached hydrogens (primary N) is 2. The van der Waals surface area contributed by atoms with Gasteiger partial charge in [0.25, 0.3) is 0 Å². The van der Waals surface area contributed by atoms with Crippen LogP contribution in [0.2, 0.25) is 0 Å². The van der Waals surface area contributed by atoms with Crippen LogP contribution in [0.1, 0.15) is 18.4 Å². The zero-order valence-electron chi connectivity index (χ0n) is 10.9. The quantitative estimate of drug-likeness (QED) is 0.633. The first kappa shape index (κ1) is 13.6. The molecule has 0 spiro atoms. The number of hydrogen-bond acceptors (Lipinski definition) is 5. The van der Waals surface area contributed by atoms with Crippen molar-refractivity contribution >= 4 is 17.3 Å². The van der Waals surface area contributed by atoms with Gasteiger partial charge in [-0.3, -0.25) is 9.69 Å². The fraction of sp³-hybridized carbons (Fsp3) is 0.462. The number of methoxy groups -OCH3 is 1. The number of nitrogen functional groups attached to an aromatic ring is 2. The zero-order valence-corrected chi connectivity index (χ0v) is 10.9. The minimum absolute atomic E-state index is 0.0358. The minimum atomic E-state index is -0.504. The van der Waals surface area contributed by atoms with Crippen LogP contribution in [0.25, 0.3) is 0 Å². The number of benzene rings is 1. The average Bonchev–Trinajstić information content (AvgIpc) is 2.87. The number of hydrogen-bond donors (Lipinski definition) is 2. The fourth-order valence-electron chi connectivity index (χ4n) is 2.41. The third-order valence-corrected chi connectivity index (χ3v) is 3.50. The lowest BCUT2D eigenvalue weighted by molar-refractivity contribution is -0.146. The Balaban J connectivity index is 2.17. The minimum Gasteiger partial charge on any atom is -0.468 e. The molecule has 0 aromatic heterocycles. The number of ether oxygens (including phenoxy) is 1. The first-order valence-electron chi connectivity index (χ1n) is 6.18. The molecule has 19 heavy (non-hydrogen) atoms. The molecule has 1 aliphatic rings. The molecule has 1 fully saturated rings. The number of rotatable bonds is 3. The van der Waals surface area contributed by atoms with Crippen LogP contribution >= 0.6 is 0 Å². The molecule has 1 saturated heterocycles. The largest absolute Gasteiger partial charge is 0.468 e. The summed E-state index contributed by atoms with van der Waals surface area (Å²) in [6.07, 6.45) is 1.63. The average molecular weight is 267 g/mol. The van der Waals surface area contributed by atoms with Gasteiger partial charge >= 0.3 is 5.97 Å². The summed E-state index contributed by atoms with van der Waals surface area (Å²) in [6.45, 7) is 1.07. The second-order valence-electron chi connectivity index (χ2n) is 4.69. The van der Waals surface area contributed by atoms with Crippen molar-refractivity contribution in [2.75, 3.05) is 25.1 Å². The van der Waals surface area contributed by atoms with E-state index in [0.29, 0.717) is 12.1 Å². The van der Waals surface area contributed by atoms with Gasteiger partial charge in [-0.1, -0.05) is 6.07 Å². The zero-order chi connectivity index (χ0) is 14.0. The van der Waals surface area contributed by atoms with Crippen LogP contribution in [0.4, 0.5) is 15.8 Å². The van der Waals surface area contributed by atoms with E-state index >= 15 is 0 Å². The summed E-state index contributed by atoms with van der Waals surface area (Å²) in [5.74, 6) is -0.781. The van der Waals surface area contributed by atoms with Gasteiger partial charge in [-0.15, -0.1) is 0 Å². The number of likely N-dealkylation sites (tertiary alicyclic amines) is 1. The molecule has 0 aliphatic carbocycles. The molecule has 0 saturated carbocycles. The normalized spacial score (nSPS) is 19.6. The highest BCUT2D eigenvalue weighted by Crippen LogP contribution is 2.26. The van der Waals surface area contributed by atoms with Gasteiger partial charge < -0.3 is 16.2 Å². The van der Waals surface area contributed by atoms with Gasteiger partial charge in [-0.25, -0.2) is 4.39 Å². The summed E-state index contributed by atoms with van der Waals surface area (Å²) in [4.78, 5) is 13.5. The van der Waals surface area contributed by atoms with Gasteiger partial charge in [0, 0.05) is 12.1 Å². The van der Waals surface area contributed by atoms with E-state index in [9.17, 15) is 9.18 Å². The van der Waals surface area contributed by atoms with Gasteiger partial charge in [0.2, 0.25) is 0 Å². The van der Waals surface area contributed by atoms with Crippen molar-refractivity contribution in [3.05, 3.63) is 23.5 Å². The van der Waals surface area contributed by atoms with Crippen molar-refractivity contribution in [3.8, 4) is 0 Å². The lowest BCUT2D eigenvalue weighted by Gasteiger charge is -2.22. The second kappa shape index (κ2) is 5.44. The Labute approximate surface area is 111 Å². The molecular formula is C13H18FN3O2. The summed E-state index contributed by atoms with van der Waals surface area (Å²) in [5.41, 5.74) is 11.7. The highest BCUT2D eigenvalue weighted by molar-refractivity contribution is 5.76. The van der Waals surface area contributed by atoms with Crippen molar-refractivity contribution in [3.63, 3.8) is 0 Å². The number of anilines is 2. The van der Waals surface area contributed by atoms with E-state index in [1.54, 1.807) is 12.1 Å². The summed E-state index contributed by atoms with van der Waals surface area (Å²) in [6, 6.07) is 2.88. The summed E-state index contributed by atoms with van der Waals surface area (Å²) in [7, 11) is 1.36. The van der Waals surface area contributed by atoms with Crippen LogP contribution in [-0.2, 0) is 16.1 Å². The lowest BCUT2D eigenvalue weighted by Crippen LogP contribution is -2.36. The summed E-state index contributed by atoms with van der Waals surface area (Å²) in [5, 5.41) is 0. The van der Waals surface area contributed by atoms with Crippen LogP contribution in [0.5, 0.6) is 0 Å². The maximum Gasteiger partial charge on any atom is 0.323 e. The monoisotopic (exact) mass is 267 g/mol. The third kappa shape index (κ3) is 2.63. The molecule has 1 atom stereocenters. The maximum atomic E-state index is 14.0. The Bertz CT molecular complexity index is 493. The highest BCUT2D eigenvalue weighted by atomic mass is 19.1. The number of halogens is 1. The standard InChI is InChI=1S/C13H18FN3O2/c1-19-13(18)10-3-2-6-17(10)7-8-4-5-9(15)12(16)11(8)14/h4-5,10H,2-3,6-7,15-16H2,1H3/t10-/m0/s1. The van der Waals surface area contributed by atoms with E-state index in [1.165, 1.54) is 7.11 Å². The molecule has 0 bridgehead atoms. The topological polar surface area (TPSA) is 81.6 Å². The molecule has 1 aliphatic heterocycles. The number of nitrogens with zero attached hydrogens (tertiary/aromatic N) is 1. The van der Waals surface area contributed by atoms with Crippen molar-refractivity contribution in [1.29, 1.82) is 0 Å². The molecule has 5 nitrogen and oxygen atoms in total. The van der Waals surface area contributed by atoms with Gasteiger partial charge in [0.05, 0.1) is 18.5 Å². The fourth-order valence-corrected chi connectivity index (χ4v) is 2.41. The van der Waals surface area contributed by atoms with E-state index in [0.717, 1.165) is 19.4 Å². The molecule has 6 heteroatoms. The Morgan fingerprint density at radius 2 is 2.26 bits per heavy atom. The number of carbonyl (C=O) groups is 1. The number of carbonyl (C=O) groups excluding carboxylic acids is 1. The van der Waals surface area contributed by atoms with Crippen LogP contribution in [0, 0.1) is 5.82 Å². The van der Waals surface area contributed by atoms with Crippen molar-refractivity contribution in [2.45, 2.75) is 25.4 Å². The molecule has 2 rings (SSSR count). The van der Waals surface area contributed by atoms with Crippen LogP contribution in [0.15, 0.2) is 12.1 Å². The lowest BCUT2D eigenvalue weighted by atomic mass is 10.1. The van der Waals surface area contributed by atoms with Gasteiger partial charge in [0.15, 0.2) is 5.82 Å². The van der Waals surface area contributed by atoms with Crippen molar-refractivity contribution in [1.82, 2.24) is 4.90 Å². The highest BCUT2D eigenvalue weighted by Gasteiger charge is 2.31. The van der Waals surface area contributed by atoms with E-state index in [4.69, 9.17) is 16.2 Å². The van der Waals surface area contributed by atoms with Crippen molar-refractivity contribution < 1.29 is 13.9 Å². The first-order chi connectivity index (χ1) is 9.04. The SMILES string of the molecule is COC(=O)[C@@H]1CCCN1Cc1ccc(N)c(N)c1F. The molecule has 1 heterocycles. The molecule has 1 aromatic carbocycles. The molecule has 4 N–H and O–H groups in total. The van der Waals surface area contributed by atoms with Crippen LogP contribution in [-0.4, -0.2) is 30.6 Å². The Morgan fingerprint density at radius 1 is 1.53 bits per heavy atom. The first-order valence-corrected chi connectivity index (χ1v) is 6.18. The Kier molecular flexibility index (Phi) is 3.90. The van der Waals surface area contributed by atoms with E-state index < -0.39 is 5.82 Å². The van der Waals surface area contributed by atoms with Crippen LogP contribution < -0.4 is 11.5 Å². The smallest absolute Gasteiger partial charge is 0.323 e.